The minimum Gasteiger partial charge on any atom is -0.311 e. The molecule has 0 spiro atoms. The van der Waals surface area contributed by atoms with Crippen LogP contribution in [0.2, 0.25) is 0 Å². The Bertz CT molecular complexity index is 732. The number of thiazole rings is 1. The molecule has 7 heteroatoms. The van der Waals surface area contributed by atoms with Gasteiger partial charge in [0.05, 0.1) is 23.3 Å². The van der Waals surface area contributed by atoms with Gasteiger partial charge in [-0.05, 0) is 7.05 Å². The number of nitrogens with zero attached hydrogens (tertiary/aromatic N) is 3. The van der Waals surface area contributed by atoms with E-state index < -0.39 is 0 Å². The number of hydrogen-bond acceptors (Lipinski definition) is 6. The fourth-order valence-electron chi connectivity index (χ4n) is 2.08. The van der Waals surface area contributed by atoms with Crippen molar-refractivity contribution in [2.75, 3.05) is 18.9 Å². The zero-order valence-electron chi connectivity index (χ0n) is 12.5. The van der Waals surface area contributed by atoms with Crippen LogP contribution in [0, 0.1) is 0 Å². The first-order valence-corrected chi connectivity index (χ1v) is 7.86. The largest absolute Gasteiger partial charge is 0.311 e. The predicted molar refractivity (Wildman–Crippen MR) is 91.1 cm³/mol. The number of nitrogens with one attached hydrogen (secondary N) is 2. The first-order valence-electron chi connectivity index (χ1n) is 7.05. The van der Waals surface area contributed by atoms with Crippen LogP contribution in [0.1, 0.15) is 0 Å². The highest BCUT2D eigenvalue weighted by atomic mass is 32.1. The number of aromatic nitrogens is 3. The van der Waals surface area contributed by atoms with Crippen LogP contribution >= 0.6 is 11.3 Å². The van der Waals surface area contributed by atoms with Crippen molar-refractivity contribution in [1.82, 2.24) is 20.3 Å². The summed E-state index contributed by atoms with van der Waals surface area (Å²) in [5, 5.41) is 6.16. The maximum atomic E-state index is 11.8. The zero-order chi connectivity index (χ0) is 16.1. The molecule has 1 amide bonds. The molecule has 116 valence electrons. The van der Waals surface area contributed by atoms with Gasteiger partial charge in [-0.3, -0.25) is 14.8 Å². The molecule has 0 unspecified atom stereocenters. The third kappa shape index (κ3) is 3.58. The summed E-state index contributed by atoms with van der Waals surface area (Å²) in [5.74, 6) is -0.133. The van der Waals surface area contributed by atoms with Crippen molar-refractivity contribution in [3.05, 3.63) is 48.9 Å². The number of hydrogen-bond donors (Lipinski definition) is 2. The summed E-state index contributed by atoms with van der Waals surface area (Å²) in [5.41, 5.74) is 2.49. The SMILES string of the molecule is CNCC(=O)Nc1nc(-c2ccccc2)c(-c2cnccn2)s1. The average molecular weight is 325 g/mol. The summed E-state index contributed by atoms with van der Waals surface area (Å²) in [7, 11) is 1.72. The van der Waals surface area contributed by atoms with Crippen LogP contribution in [0.4, 0.5) is 5.13 Å². The lowest BCUT2D eigenvalue weighted by molar-refractivity contribution is -0.115. The van der Waals surface area contributed by atoms with E-state index in [0.717, 1.165) is 21.8 Å². The van der Waals surface area contributed by atoms with Gasteiger partial charge >= 0.3 is 0 Å². The molecule has 0 saturated heterocycles. The lowest BCUT2D eigenvalue weighted by Crippen LogP contribution is -2.24. The number of likely N-dealkylation sites (N-methyl/N-ethyl adjacent to an activating group) is 1. The lowest BCUT2D eigenvalue weighted by Gasteiger charge is -2.00. The first-order chi connectivity index (χ1) is 11.3. The number of carbonyl (C=O) groups is 1. The first kappa shape index (κ1) is 15.3. The highest BCUT2D eigenvalue weighted by Gasteiger charge is 2.17. The maximum Gasteiger partial charge on any atom is 0.240 e. The van der Waals surface area contributed by atoms with E-state index in [1.165, 1.54) is 11.3 Å². The molecule has 0 saturated carbocycles. The Morgan fingerprint density at radius 2 is 2.04 bits per heavy atom. The minimum absolute atomic E-state index is 0.133. The van der Waals surface area contributed by atoms with Gasteiger partial charge in [-0.1, -0.05) is 41.7 Å². The van der Waals surface area contributed by atoms with E-state index in [1.807, 2.05) is 30.3 Å². The second kappa shape index (κ2) is 7.08. The summed E-state index contributed by atoms with van der Waals surface area (Å²) in [6, 6.07) is 9.82. The fraction of sp³-hybridized carbons (Fsp3) is 0.125. The second-order valence-electron chi connectivity index (χ2n) is 4.73. The van der Waals surface area contributed by atoms with Crippen molar-refractivity contribution in [1.29, 1.82) is 0 Å². The number of benzene rings is 1. The Labute approximate surface area is 137 Å². The van der Waals surface area contributed by atoms with Crippen LogP contribution in [-0.4, -0.2) is 34.5 Å². The fourth-order valence-corrected chi connectivity index (χ4v) is 3.04. The van der Waals surface area contributed by atoms with Crippen LogP contribution in [0.5, 0.6) is 0 Å². The standard InChI is InChI=1S/C16H15N5OS/c1-17-10-13(22)20-16-21-14(11-5-3-2-4-6-11)15(23-16)12-9-18-7-8-19-12/h2-9,17H,10H2,1H3,(H,20,21,22). The molecule has 1 aromatic carbocycles. The number of anilines is 1. The molecule has 0 aliphatic heterocycles. The zero-order valence-corrected chi connectivity index (χ0v) is 13.3. The van der Waals surface area contributed by atoms with Crippen molar-refractivity contribution >= 4 is 22.4 Å². The third-order valence-electron chi connectivity index (χ3n) is 3.05. The van der Waals surface area contributed by atoms with Gasteiger partial charge in [-0.15, -0.1) is 0 Å². The molecule has 0 bridgehead atoms. The van der Waals surface area contributed by atoms with Gasteiger partial charge in [-0.2, -0.15) is 0 Å². The van der Waals surface area contributed by atoms with E-state index in [4.69, 9.17) is 0 Å². The van der Waals surface area contributed by atoms with Crippen LogP contribution in [-0.2, 0) is 4.79 Å². The number of rotatable bonds is 5. The summed E-state index contributed by atoms with van der Waals surface area (Å²) in [6.45, 7) is 0.237. The highest BCUT2D eigenvalue weighted by Crippen LogP contribution is 2.37. The maximum absolute atomic E-state index is 11.8. The Morgan fingerprint density at radius 1 is 1.22 bits per heavy atom. The van der Waals surface area contributed by atoms with Crippen molar-refractivity contribution in [3.8, 4) is 21.8 Å². The molecule has 2 heterocycles. The van der Waals surface area contributed by atoms with Gasteiger partial charge in [0.1, 0.15) is 5.69 Å². The molecule has 2 N–H and O–H groups in total. The van der Waals surface area contributed by atoms with E-state index in [1.54, 1.807) is 25.6 Å². The van der Waals surface area contributed by atoms with Crippen LogP contribution < -0.4 is 10.6 Å². The molecule has 0 aliphatic carbocycles. The Morgan fingerprint density at radius 3 is 2.74 bits per heavy atom. The van der Waals surface area contributed by atoms with Crippen LogP contribution in [0.25, 0.3) is 21.8 Å². The summed E-state index contributed by atoms with van der Waals surface area (Å²) >= 11 is 1.39. The van der Waals surface area contributed by atoms with Crippen molar-refractivity contribution in [2.24, 2.45) is 0 Å². The Kier molecular flexibility index (Phi) is 4.70. The molecule has 2 aromatic heterocycles. The van der Waals surface area contributed by atoms with E-state index in [2.05, 4.69) is 25.6 Å². The van der Waals surface area contributed by atoms with Gasteiger partial charge in [-0.25, -0.2) is 4.98 Å². The quantitative estimate of drug-likeness (QED) is 0.753. The minimum atomic E-state index is -0.133. The van der Waals surface area contributed by atoms with Gasteiger partial charge < -0.3 is 10.6 Å². The molecule has 6 nitrogen and oxygen atoms in total. The summed E-state index contributed by atoms with van der Waals surface area (Å²) in [6.07, 6.45) is 4.96. The van der Waals surface area contributed by atoms with Crippen molar-refractivity contribution in [2.45, 2.75) is 0 Å². The Hall–Kier alpha value is -2.64. The van der Waals surface area contributed by atoms with E-state index in [-0.39, 0.29) is 12.5 Å². The molecule has 0 radical (unpaired) electrons. The van der Waals surface area contributed by atoms with Crippen LogP contribution in [0.3, 0.4) is 0 Å². The Balaban J connectivity index is 2.02. The van der Waals surface area contributed by atoms with Gasteiger partial charge in [0.2, 0.25) is 5.91 Å². The third-order valence-corrected chi connectivity index (χ3v) is 4.05. The number of amides is 1. The normalized spacial score (nSPS) is 10.5. The smallest absolute Gasteiger partial charge is 0.240 e. The summed E-state index contributed by atoms with van der Waals surface area (Å²) < 4.78 is 0. The predicted octanol–water partition coefficient (Wildman–Crippen LogP) is 2.43. The van der Waals surface area contributed by atoms with E-state index in [0.29, 0.717) is 5.13 Å². The van der Waals surface area contributed by atoms with Crippen LogP contribution in [0.15, 0.2) is 48.9 Å². The van der Waals surface area contributed by atoms with Crippen molar-refractivity contribution < 1.29 is 4.79 Å². The second-order valence-corrected chi connectivity index (χ2v) is 5.73. The molecule has 3 rings (SSSR count). The van der Waals surface area contributed by atoms with E-state index >= 15 is 0 Å². The van der Waals surface area contributed by atoms with Gasteiger partial charge in [0.15, 0.2) is 5.13 Å². The molecule has 0 atom stereocenters. The molecule has 0 fully saturated rings. The molecular formula is C16H15N5OS. The highest BCUT2D eigenvalue weighted by molar-refractivity contribution is 7.19. The van der Waals surface area contributed by atoms with Gasteiger partial charge in [0, 0.05) is 18.0 Å². The van der Waals surface area contributed by atoms with Gasteiger partial charge in [0.25, 0.3) is 0 Å². The average Bonchev–Trinajstić information content (AvgIpc) is 3.00. The summed E-state index contributed by atoms with van der Waals surface area (Å²) in [4.78, 5) is 25.7. The molecule has 0 aliphatic rings. The molecule has 3 aromatic rings. The number of carbonyl (C=O) groups excluding carboxylic acids is 1. The van der Waals surface area contributed by atoms with E-state index in [9.17, 15) is 4.79 Å². The molecular weight excluding hydrogens is 310 g/mol. The van der Waals surface area contributed by atoms with Crippen molar-refractivity contribution in [3.63, 3.8) is 0 Å². The monoisotopic (exact) mass is 325 g/mol. The lowest BCUT2D eigenvalue weighted by atomic mass is 10.1. The topological polar surface area (TPSA) is 79.8 Å². The molecule has 23 heavy (non-hydrogen) atoms.